The second-order valence-electron chi connectivity index (χ2n) is 4.25. The average molecular weight is 286 g/mol. The third-order valence-electron chi connectivity index (χ3n) is 2.79. The summed E-state index contributed by atoms with van der Waals surface area (Å²) >= 11 is 0. The molecule has 0 heterocycles. The number of ether oxygens (including phenoxy) is 2. The Morgan fingerprint density at radius 1 is 1.10 bits per heavy atom. The summed E-state index contributed by atoms with van der Waals surface area (Å²) in [5, 5.41) is 5.95. The molecule has 0 radical (unpaired) electrons. The maximum atomic E-state index is 11.6. The number of hydrogen-bond donors (Lipinski definition) is 2. The SMILES string of the molecule is CCOC(=O)Nc1ccc(OC)cc1Nc1ccccc1. The smallest absolute Gasteiger partial charge is 0.411 e. The van der Waals surface area contributed by atoms with Gasteiger partial charge in [-0.1, -0.05) is 18.2 Å². The van der Waals surface area contributed by atoms with E-state index in [4.69, 9.17) is 9.47 Å². The number of anilines is 3. The van der Waals surface area contributed by atoms with Gasteiger partial charge < -0.3 is 14.8 Å². The van der Waals surface area contributed by atoms with Crippen LogP contribution in [0.3, 0.4) is 0 Å². The zero-order valence-corrected chi connectivity index (χ0v) is 12.1. The highest BCUT2D eigenvalue weighted by Crippen LogP contribution is 2.29. The van der Waals surface area contributed by atoms with Crippen LogP contribution in [0.2, 0.25) is 0 Å². The van der Waals surface area contributed by atoms with Gasteiger partial charge in [-0.25, -0.2) is 4.79 Å². The minimum atomic E-state index is -0.487. The van der Waals surface area contributed by atoms with E-state index >= 15 is 0 Å². The zero-order chi connectivity index (χ0) is 15.1. The van der Waals surface area contributed by atoms with Crippen molar-refractivity contribution in [1.82, 2.24) is 0 Å². The van der Waals surface area contributed by atoms with Gasteiger partial charge in [-0.3, -0.25) is 5.32 Å². The zero-order valence-electron chi connectivity index (χ0n) is 12.1. The molecule has 1 amide bonds. The number of para-hydroxylation sites is 1. The summed E-state index contributed by atoms with van der Waals surface area (Å²) < 4.78 is 10.1. The van der Waals surface area contributed by atoms with Crippen LogP contribution in [0.5, 0.6) is 5.75 Å². The van der Waals surface area contributed by atoms with E-state index < -0.39 is 6.09 Å². The van der Waals surface area contributed by atoms with E-state index in [1.54, 1.807) is 26.2 Å². The van der Waals surface area contributed by atoms with E-state index in [1.807, 2.05) is 36.4 Å². The molecule has 2 N–H and O–H groups in total. The van der Waals surface area contributed by atoms with Gasteiger partial charge in [-0.2, -0.15) is 0 Å². The van der Waals surface area contributed by atoms with Gasteiger partial charge in [0.15, 0.2) is 0 Å². The lowest BCUT2D eigenvalue weighted by Crippen LogP contribution is -2.14. The van der Waals surface area contributed by atoms with Gasteiger partial charge in [0.05, 0.1) is 25.1 Å². The first-order valence-electron chi connectivity index (χ1n) is 6.67. The highest BCUT2D eigenvalue weighted by atomic mass is 16.5. The molecular formula is C16H18N2O3. The minimum Gasteiger partial charge on any atom is -0.497 e. The molecule has 21 heavy (non-hydrogen) atoms. The number of benzene rings is 2. The van der Waals surface area contributed by atoms with Crippen LogP contribution in [0.1, 0.15) is 6.92 Å². The molecule has 0 aliphatic carbocycles. The maximum Gasteiger partial charge on any atom is 0.411 e. The highest BCUT2D eigenvalue weighted by molar-refractivity contribution is 5.91. The van der Waals surface area contributed by atoms with Crippen molar-refractivity contribution in [3.05, 3.63) is 48.5 Å². The molecule has 0 bridgehead atoms. The average Bonchev–Trinajstić information content (AvgIpc) is 2.50. The molecule has 2 aromatic carbocycles. The van der Waals surface area contributed by atoms with Gasteiger partial charge in [0, 0.05) is 11.8 Å². The number of nitrogens with one attached hydrogen (secondary N) is 2. The van der Waals surface area contributed by atoms with Crippen LogP contribution in [0.4, 0.5) is 21.9 Å². The van der Waals surface area contributed by atoms with Crippen LogP contribution in [-0.4, -0.2) is 19.8 Å². The Labute approximate surface area is 123 Å². The van der Waals surface area contributed by atoms with Crippen molar-refractivity contribution in [3.63, 3.8) is 0 Å². The molecule has 2 rings (SSSR count). The first-order chi connectivity index (χ1) is 10.2. The Morgan fingerprint density at radius 3 is 2.52 bits per heavy atom. The number of rotatable bonds is 5. The van der Waals surface area contributed by atoms with E-state index in [1.165, 1.54) is 0 Å². The van der Waals surface area contributed by atoms with Crippen molar-refractivity contribution in [3.8, 4) is 5.75 Å². The Balaban J connectivity index is 2.25. The van der Waals surface area contributed by atoms with Gasteiger partial charge in [0.2, 0.25) is 0 Å². The largest absolute Gasteiger partial charge is 0.497 e. The van der Waals surface area contributed by atoms with Crippen LogP contribution in [0, 0.1) is 0 Å². The van der Waals surface area contributed by atoms with Crippen molar-refractivity contribution >= 4 is 23.2 Å². The number of carbonyl (C=O) groups is 1. The third kappa shape index (κ3) is 4.14. The van der Waals surface area contributed by atoms with Crippen LogP contribution in [0.25, 0.3) is 0 Å². The van der Waals surface area contributed by atoms with Crippen LogP contribution < -0.4 is 15.4 Å². The molecule has 0 unspecified atom stereocenters. The van der Waals surface area contributed by atoms with Crippen molar-refractivity contribution in [2.24, 2.45) is 0 Å². The number of carbonyl (C=O) groups excluding carboxylic acids is 1. The molecule has 0 aliphatic heterocycles. The summed E-state index contributed by atoms with van der Waals surface area (Å²) in [6, 6.07) is 15.0. The van der Waals surface area contributed by atoms with Crippen molar-refractivity contribution < 1.29 is 14.3 Å². The monoisotopic (exact) mass is 286 g/mol. The molecule has 2 aromatic rings. The maximum absolute atomic E-state index is 11.6. The minimum absolute atomic E-state index is 0.323. The first kappa shape index (κ1) is 14.7. The Hall–Kier alpha value is -2.69. The van der Waals surface area contributed by atoms with E-state index in [9.17, 15) is 4.79 Å². The number of methoxy groups -OCH3 is 1. The Bertz CT molecular complexity index is 600. The van der Waals surface area contributed by atoms with Crippen molar-refractivity contribution in [2.75, 3.05) is 24.4 Å². The molecule has 0 aliphatic rings. The van der Waals surface area contributed by atoms with E-state index in [0.29, 0.717) is 18.0 Å². The second-order valence-corrected chi connectivity index (χ2v) is 4.25. The highest BCUT2D eigenvalue weighted by Gasteiger charge is 2.09. The molecule has 110 valence electrons. The predicted molar refractivity (Wildman–Crippen MR) is 83.4 cm³/mol. The Kier molecular flexibility index (Phi) is 5.04. The Morgan fingerprint density at radius 2 is 1.86 bits per heavy atom. The molecular weight excluding hydrogens is 268 g/mol. The lowest BCUT2D eigenvalue weighted by Gasteiger charge is -2.14. The predicted octanol–water partition coefficient (Wildman–Crippen LogP) is 4.01. The normalized spacial score (nSPS) is 9.81. The molecule has 0 atom stereocenters. The fourth-order valence-corrected chi connectivity index (χ4v) is 1.82. The molecule has 0 fully saturated rings. The molecule has 0 saturated carbocycles. The topological polar surface area (TPSA) is 59.6 Å². The first-order valence-corrected chi connectivity index (χ1v) is 6.67. The molecule has 0 aromatic heterocycles. The van der Waals surface area contributed by atoms with Crippen LogP contribution in [0.15, 0.2) is 48.5 Å². The van der Waals surface area contributed by atoms with E-state index in [2.05, 4.69) is 10.6 Å². The van der Waals surface area contributed by atoms with Crippen LogP contribution >= 0.6 is 0 Å². The summed E-state index contributed by atoms with van der Waals surface area (Å²) in [7, 11) is 1.60. The lowest BCUT2D eigenvalue weighted by molar-refractivity contribution is 0.168. The molecule has 5 nitrogen and oxygen atoms in total. The van der Waals surface area contributed by atoms with Crippen molar-refractivity contribution in [1.29, 1.82) is 0 Å². The van der Waals surface area contributed by atoms with Crippen molar-refractivity contribution in [2.45, 2.75) is 6.92 Å². The fourth-order valence-electron chi connectivity index (χ4n) is 1.82. The van der Waals surface area contributed by atoms with Crippen LogP contribution in [-0.2, 0) is 4.74 Å². The number of amides is 1. The quantitative estimate of drug-likeness (QED) is 0.872. The summed E-state index contributed by atoms with van der Waals surface area (Å²) in [6.45, 7) is 2.08. The fraction of sp³-hybridized carbons (Fsp3) is 0.188. The number of hydrogen-bond acceptors (Lipinski definition) is 4. The van der Waals surface area contributed by atoms with Gasteiger partial charge in [-0.15, -0.1) is 0 Å². The summed E-state index contributed by atoms with van der Waals surface area (Å²) in [4.78, 5) is 11.6. The summed E-state index contributed by atoms with van der Waals surface area (Å²) in [6.07, 6.45) is -0.487. The van der Waals surface area contributed by atoms with Gasteiger partial charge in [0.1, 0.15) is 5.75 Å². The van der Waals surface area contributed by atoms with E-state index in [0.717, 1.165) is 11.4 Å². The molecule has 0 saturated heterocycles. The third-order valence-corrected chi connectivity index (χ3v) is 2.79. The molecule has 5 heteroatoms. The van der Waals surface area contributed by atoms with Gasteiger partial charge >= 0.3 is 6.09 Å². The van der Waals surface area contributed by atoms with Gasteiger partial charge in [-0.05, 0) is 31.2 Å². The van der Waals surface area contributed by atoms with Gasteiger partial charge in [0.25, 0.3) is 0 Å². The summed E-state index contributed by atoms with van der Waals surface area (Å²) in [5.41, 5.74) is 2.27. The standard InChI is InChI=1S/C16H18N2O3/c1-3-21-16(19)18-14-10-9-13(20-2)11-15(14)17-12-7-5-4-6-8-12/h4-11,17H,3H2,1-2H3,(H,18,19). The second kappa shape index (κ2) is 7.19. The summed E-state index contributed by atoms with van der Waals surface area (Å²) in [5.74, 6) is 0.697. The lowest BCUT2D eigenvalue weighted by atomic mass is 10.2. The molecule has 0 spiro atoms. The van der Waals surface area contributed by atoms with E-state index in [-0.39, 0.29) is 0 Å².